The maximum atomic E-state index is 12.9. The Morgan fingerprint density at radius 1 is 1.21 bits per heavy atom. The van der Waals surface area contributed by atoms with Crippen molar-refractivity contribution in [2.24, 2.45) is 4.99 Å². The molecular formula is C23H18ClN3O5S. The number of methoxy groups -OCH3 is 1. The number of amides is 1. The van der Waals surface area contributed by atoms with Crippen molar-refractivity contribution < 1.29 is 18.9 Å². The van der Waals surface area contributed by atoms with Gasteiger partial charge in [-0.1, -0.05) is 11.6 Å². The molecule has 0 unspecified atom stereocenters. The molecule has 4 rings (SSSR count). The summed E-state index contributed by atoms with van der Waals surface area (Å²) in [6, 6.07) is 15.1. The van der Waals surface area contributed by atoms with Gasteiger partial charge in [-0.25, -0.2) is 4.99 Å². The SMILES string of the molecule is CCN1C(=O)/C(=C/c2ccc(-c3ccc(Cl)c([N+](=O)[O-])c3)o2)SC1=Nc1ccc(OC)cc1. The number of benzene rings is 2. The summed E-state index contributed by atoms with van der Waals surface area (Å²) in [5.41, 5.74) is 1.01. The molecule has 2 heterocycles. The fraction of sp³-hybridized carbons (Fsp3) is 0.130. The van der Waals surface area contributed by atoms with E-state index in [1.807, 2.05) is 19.1 Å². The van der Waals surface area contributed by atoms with Crippen molar-refractivity contribution in [2.75, 3.05) is 13.7 Å². The van der Waals surface area contributed by atoms with Crippen LogP contribution in [0.25, 0.3) is 17.4 Å². The molecule has 1 saturated heterocycles. The lowest BCUT2D eigenvalue weighted by Crippen LogP contribution is -2.28. The van der Waals surface area contributed by atoms with E-state index in [9.17, 15) is 14.9 Å². The zero-order valence-corrected chi connectivity index (χ0v) is 19.2. The van der Waals surface area contributed by atoms with E-state index in [4.69, 9.17) is 20.8 Å². The van der Waals surface area contributed by atoms with Crippen LogP contribution >= 0.6 is 23.4 Å². The van der Waals surface area contributed by atoms with Gasteiger partial charge in [0.1, 0.15) is 22.3 Å². The molecule has 10 heteroatoms. The minimum atomic E-state index is -0.547. The van der Waals surface area contributed by atoms with Gasteiger partial charge in [0.05, 0.1) is 22.6 Å². The zero-order chi connectivity index (χ0) is 23.5. The van der Waals surface area contributed by atoms with E-state index in [1.165, 1.54) is 23.9 Å². The largest absolute Gasteiger partial charge is 0.497 e. The van der Waals surface area contributed by atoms with E-state index < -0.39 is 4.92 Å². The molecule has 3 aromatic rings. The van der Waals surface area contributed by atoms with Crippen LogP contribution in [0.4, 0.5) is 11.4 Å². The van der Waals surface area contributed by atoms with Crippen molar-refractivity contribution in [1.82, 2.24) is 4.90 Å². The number of furan rings is 1. The summed E-state index contributed by atoms with van der Waals surface area (Å²) in [7, 11) is 1.59. The van der Waals surface area contributed by atoms with E-state index in [-0.39, 0.29) is 16.6 Å². The van der Waals surface area contributed by atoms with Gasteiger partial charge in [-0.05, 0) is 67.2 Å². The summed E-state index contributed by atoms with van der Waals surface area (Å²) in [5, 5.41) is 11.8. The third-order valence-electron chi connectivity index (χ3n) is 4.83. The lowest BCUT2D eigenvalue weighted by molar-refractivity contribution is -0.384. The lowest BCUT2D eigenvalue weighted by Gasteiger charge is -2.12. The first-order valence-corrected chi connectivity index (χ1v) is 11.1. The average molecular weight is 484 g/mol. The van der Waals surface area contributed by atoms with Gasteiger partial charge in [0, 0.05) is 24.3 Å². The van der Waals surface area contributed by atoms with Crippen LogP contribution in [0.3, 0.4) is 0 Å². The first-order valence-electron chi connectivity index (χ1n) is 9.88. The van der Waals surface area contributed by atoms with Crippen LogP contribution in [0.15, 0.2) is 68.9 Å². The Bertz CT molecular complexity index is 1280. The van der Waals surface area contributed by atoms with Crippen LogP contribution in [0.2, 0.25) is 5.02 Å². The molecule has 1 aromatic heterocycles. The topological polar surface area (TPSA) is 98.2 Å². The number of hydrogen-bond donors (Lipinski definition) is 0. The highest BCUT2D eigenvalue weighted by Gasteiger charge is 2.32. The Morgan fingerprint density at radius 2 is 1.97 bits per heavy atom. The number of hydrogen-bond acceptors (Lipinski definition) is 7. The number of rotatable bonds is 6. The molecule has 1 aliphatic rings. The number of thioether (sulfide) groups is 1. The molecule has 2 aromatic carbocycles. The average Bonchev–Trinajstić information content (AvgIpc) is 3.39. The molecule has 33 heavy (non-hydrogen) atoms. The van der Waals surface area contributed by atoms with Gasteiger partial charge in [0.25, 0.3) is 11.6 Å². The smallest absolute Gasteiger partial charge is 0.288 e. The highest BCUT2D eigenvalue weighted by molar-refractivity contribution is 8.18. The predicted octanol–water partition coefficient (Wildman–Crippen LogP) is 6.14. The second-order valence-corrected chi connectivity index (χ2v) is 8.29. The van der Waals surface area contributed by atoms with Crippen LogP contribution in [0.5, 0.6) is 5.75 Å². The van der Waals surface area contributed by atoms with Crippen LogP contribution in [0, 0.1) is 10.1 Å². The van der Waals surface area contributed by atoms with Crippen molar-refractivity contribution in [3.05, 3.63) is 80.4 Å². The summed E-state index contributed by atoms with van der Waals surface area (Å²) in [5.74, 6) is 1.42. The van der Waals surface area contributed by atoms with E-state index in [0.717, 1.165) is 5.75 Å². The van der Waals surface area contributed by atoms with Crippen LogP contribution < -0.4 is 4.74 Å². The third-order valence-corrected chi connectivity index (χ3v) is 6.16. The second kappa shape index (κ2) is 9.51. The third kappa shape index (κ3) is 4.79. The molecule has 0 saturated carbocycles. The standard InChI is InChI=1S/C23H18ClN3O5S/c1-3-26-22(28)21(33-23(26)25-15-5-7-16(31-2)8-6-15)13-17-9-11-20(32-17)14-4-10-18(24)19(12-14)27(29)30/h4-13H,3H2,1-2H3/b21-13-,25-23?. The number of ether oxygens (including phenoxy) is 1. The van der Waals surface area contributed by atoms with E-state index in [2.05, 4.69) is 4.99 Å². The number of carbonyl (C=O) groups excluding carboxylic acids is 1. The number of nitro benzene ring substituents is 1. The summed E-state index contributed by atoms with van der Waals surface area (Å²) in [6.45, 7) is 2.35. The molecule has 0 bridgehead atoms. The van der Waals surface area contributed by atoms with E-state index in [0.29, 0.717) is 39.4 Å². The fourth-order valence-electron chi connectivity index (χ4n) is 3.16. The molecule has 0 N–H and O–H groups in total. The van der Waals surface area contributed by atoms with Gasteiger partial charge in [0.2, 0.25) is 0 Å². The number of nitrogens with zero attached hydrogens (tertiary/aromatic N) is 3. The van der Waals surface area contributed by atoms with Crippen molar-refractivity contribution in [3.8, 4) is 17.1 Å². The zero-order valence-electron chi connectivity index (χ0n) is 17.6. The minimum Gasteiger partial charge on any atom is -0.497 e. The second-order valence-electron chi connectivity index (χ2n) is 6.88. The van der Waals surface area contributed by atoms with E-state index in [1.54, 1.807) is 48.4 Å². The van der Waals surface area contributed by atoms with Crippen molar-refractivity contribution in [1.29, 1.82) is 0 Å². The van der Waals surface area contributed by atoms with Gasteiger partial charge in [0.15, 0.2) is 5.17 Å². The molecule has 0 radical (unpaired) electrons. The first-order chi connectivity index (χ1) is 15.9. The van der Waals surface area contributed by atoms with Crippen molar-refractivity contribution >= 4 is 51.9 Å². The van der Waals surface area contributed by atoms with Crippen LogP contribution in [0.1, 0.15) is 12.7 Å². The van der Waals surface area contributed by atoms with Crippen LogP contribution in [-0.4, -0.2) is 34.6 Å². The van der Waals surface area contributed by atoms with Crippen LogP contribution in [-0.2, 0) is 4.79 Å². The molecule has 168 valence electrons. The van der Waals surface area contributed by atoms with Gasteiger partial charge >= 0.3 is 0 Å². The molecule has 1 aliphatic heterocycles. The number of likely N-dealkylation sites (N-methyl/N-ethyl adjacent to an activating group) is 1. The monoisotopic (exact) mass is 483 g/mol. The molecule has 1 amide bonds. The molecule has 0 aliphatic carbocycles. The molecule has 0 atom stereocenters. The minimum absolute atomic E-state index is 0.0499. The Morgan fingerprint density at radius 3 is 2.64 bits per heavy atom. The number of aliphatic imine (C=N–C) groups is 1. The number of carbonyl (C=O) groups is 1. The predicted molar refractivity (Wildman–Crippen MR) is 129 cm³/mol. The molecular weight excluding hydrogens is 466 g/mol. The number of amidine groups is 1. The number of nitro groups is 1. The Hall–Kier alpha value is -3.56. The molecule has 8 nitrogen and oxygen atoms in total. The van der Waals surface area contributed by atoms with Gasteiger partial charge in [-0.2, -0.15) is 0 Å². The summed E-state index contributed by atoms with van der Waals surface area (Å²) < 4.78 is 11.0. The molecule has 0 spiro atoms. The maximum Gasteiger partial charge on any atom is 0.288 e. The van der Waals surface area contributed by atoms with E-state index >= 15 is 0 Å². The van der Waals surface area contributed by atoms with Crippen molar-refractivity contribution in [3.63, 3.8) is 0 Å². The van der Waals surface area contributed by atoms with Gasteiger partial charge in [-0.15, -0.1) is 0 Å². The Balaban J connectivity index is 1.60. The number of halogens is 1. The van der Waals surface area contributed by atoms with Gasteiger partial charge in [-0.3, -0.25) is 19.8 Å². The summed E-state index contributed by atoms with van der Waals surface area (Å²) >= 11 is 7.14. The first kappa shape index (κ1) is 22.6. The van der Waals surface area contributed by atoms with Gasteiger partial charge < -0.3 is 9.15 Å². The lowest BCUT2D eigenvalue weighted by atomic mass is 10.1. The summed E-state index contributed by atoms with van der Waals surface area (Å²) in [4.78, 5) is 30.1. The highest BCUT2D eigenvalue weighted by atomic mass is 35.5. The summed E-state index contributed by atoms with van der Waals surface area (Å²) in [6.07, 6.45) is 1.64. The Kier molecular flexibility index (Phi) is 6.52. The Labute approximate surface area is 198 Å². The maximum absolute atomic E-state index is 12.9. The normalized spacial score (nSPS) is 16.1. The molecule has 1 fully saturated rings. The fourth-order valence-corrected chi connectivity index (χ4v) is 4.39. The highest BCUT2D eigenvalue weighted by Crippen LogP contribution is 2.36. The quantitative estimate of drug-likeness (QED) is 0.237. The van der Waals surface area contributed by atoms with Crippen molar-refractivity contribution in [2.45, 2.75) is 6.92 Å².